The third-order valence-corrected chi connectivity index (χ3v) is 6.55. The molecule has 2 amide bonds. The summed E-state index contributed by atoms with van der Waals surface area (Å²) in [4.78, 5) is 37.0. The van der Waals surface area contributed by atoms with Crippen molar-refractivity contribution in [3.8, 4) is 5.75 Å². The summed E-state index contributed by atoms with van der Waals surface area (Å²) in [6, 6.07) is 10.9. The fourth-order valence-corrected chi connectivity index (χ4v) is 4.25. The summed E-state index contributed by atoms with van der Waals surface area (Å²) in [5, 5.41) is 4.30. The molecule has 3 rings (SSSR count). The zero-order valence-electron chi connectivity index (χ0n) is 19.9. The molecule has 1 unspecified atom stereocenters. The quantitative estimate of drug-likeness (QED) is 0.317. The van der Waals surface area contributed by atoms with Crippen molar-refractivity contribution in [3.63, 3.8) is 0 Å². The highest BCUT2D eigenvalue weighted by Crippen LogP contribution is 2.28. The number of imide groups is 1. The van der Waals surface area contributed by atoms with E-state index in [9.17, 15) is 14.4 Å². The van der Waals surface area contributed by atoms with Gasteiger partial charge >= 0.3 is 5.97 Å². The maximum Gasteiger partial charge on any atom is 0.307 e. The van der Waals surface area contributed by atoms with E-state index >= 15 is 0 Å². The summed E-state index contributed by atoms with van der Waals surface area (Å²) >= 11 is 12.3. The van der Waals surface area contributed by atoms with E-state index in [0.717, 1.165) is 28.9 Å². The van der Waals surface area contributed by atoms with E-state index in [1.165, 1.54) is 4.90 Å². The van der Waals surface area contributed by atoms with E-state index in [-0.39, 0.29) is 56.2 Å². The molecule has 2 aromatic carbocycles. The first-order chi connectivity index (χ1) is 16.8. The standard InChI is InChI=1S/C26H30Cl2N2O5/c1-3-18-13-17(5-8-23(18)35-12-11-30-24(31)9-10-25(30)32)16-29-22(15-26(33)34-4-2)19-6-7-20(27)21(28)14-19/h5-8,13-14,22,29H,3-4,9-12,15-16H2,1-2H3. The number of halogens is 2. The maximum atomic E-state index is 12.2. The molecule has 0 aliphatic carbocycles. The van der Waals surface area contributed by atoms with Crippen LogP contribution < -0.4 is 10.1 Å². The number of carbonyl (C=O) groups excluding carboxylic acids is 3. The summed E-state index contributed by atoms with van der Waals surface area (Å²) < 4.78 is 11.0. The van der Waals surface area contributed by atoms with Crippen LogP contribution in [0.5, 0.6) is 5.75 Å². The third-order valence-electron chi connectivity index (χ3n) is 5.81. The number of hydrogen-bond acceptors (Lipinski definition) is 6. The lowest BCUT2D eigenvalue weighted by Crippen LogP contribution is -2.33. The van der Waals surface area contributed by atoms with Gasteiger partial charge in [0.2, 0.25) is 11.8 Å². The van der Waals surface area contributed by atoms with Gasteiger partial charge in [0.25, 0.3) is 0 Å². The Bertz CT molecular complexity index is 1060. The average molecular weight is 521 g/mol. The van der Waals surface area contributed by atoms with Gasteiger partial charge in [0.1, 0.15) is 12.4 Å². The molecule has 0 saturated carbocycles. The van der Waals surface area contributed by atoms with Crippen LogP contribution in [0.1, 0.15) is 55.8 Å². The molecule has 35 heavy (non-hydrogen) atoms. The summed E-state index contributed by atoms with van der Waals surface area (Å²) in [5.41, 5.74) is 2.88. The second-order valence-corrected chi connectivity index (χ2v) is 9.01. The fourth-order valence-electron chi connectivity index (χ4n) is 3.94. The first-order valence-electron chi connectivity index (χ1n) is 11.7. The van der Waals surface area contributed by atoms with Crippen LogP contribution in [0.2, 0.25) is 10.0 Å². The predicted octanol–water partition coefficient (Wildman–Crippen LogP) is 4.87. The van der Waals surface area contributed by atoms with Crippen LogP contribution in [-0.4, -0.2) is 42.4 Å². The van der Waals surface area contributed by atoms with E-state index in [2.05, 4.69) is 5.32 Å². The Morgan fingerprint density at radius 1 is 1.06 bits per heavy atom. The van der Waals surface area contributed by atoms with E-state index in [0.29, 0.717) is 23.2 Å². The highest BCUT2D eigenvalue weighted by atomic mass is 35.5. The van der Waals surface area contributed by atoms with Crippen LogP contribution in [0.3, 0.4) is 0 Å². The molecule has 1 saturated heterocycles. The lowest BCUT2D eigenvalue weighted by atomic mass is 10.0. The number of hydrogen-bond donors (Lipinski definition) is 1. The van der Waals surface area contributed by atoms with E-state index in [1.54, 1.807) is 19.1 Å². The summed E-state index contributed by atoms with van der Waals surface area (Å²) in [7, 11) is 0. The van der Waals surface area contributed by atoms with Gasteiger partial charge in [-0.1, -0.05) is 48.3 Å². The van der Waals surface area contributed by atoms with Crippen molar-refractivity contribution in [3.05, 3.63) is 63.1 Å². The molecule has 1 atom stereocenters. The number of likely N-dealkylation sites (tertiary alicyclic amines) is 1. The molecular formula is C26H30Cl2N2O5. The molecule has 1 fully saturated rings. The zero-order chi connectivity index (χ0) is 25.4. The van der Waals surface area contributed by atoms with E-state index < -0.39 is 0 Å². The van der Waals surface area contributed by atoms with Crippen LogP contribution in [-0.2, 0) is 32.1 Å². The van der Waals surface area contributed by atoms with Gasteiger partial charge in [-0.2, -0.15) is 0 Å². The molecule has 0 bridgehead atoms. The van der Waals surface area contributed by atoms with Crippen molar-refractivity contribution in [1.29, 1.82) is 0 Å². The van der Waals surface area contributed by atoms with Crippen LogP contribution in [0.15, 0.2) is 36.4 Å². The number of aryl methyl sites for hydroxylation is 1. The highest BCUT2D eigenvalue weighted by molar-refractivity contribution is 6.42. The predicted molar refractivity (Wildman–Crippen MR) is 135 cm³/mol. The van der Waals surface area contributed by atoms with Crippen molar-refractivity contribution in [1.82, 2.24) is 10.2 Å². The van der Waals surface area contributed by atoms with Gasteiger partial charge in [-0.3, -0.25) is 19.3 Å². The highest BCUT2D eigenvalue weighted by Gasteiger charge is 2.28. The third kappa shape index (κ3) is 7.43. The fraction of sp³-hybridized carbons (Fsp3) is 0.423. The molecule has 2 aromatic rings. The Morgan fingerprint density at radius 2 is 1.80 bits per heavy atom. The maximum absolute atomic E-state index is 12.2. The first kappa shape index (κ1) is 27.0. The monoisotopic (exact) mass is 520 g/mol. The minimum atomic E-state index is -0.305. The second kappa shape index (κ2) is 12.9. The molecule has 1 aliphatic rings. The molecule has 0 radical (unpaired) electrons. The summed E-state index contributed by atoms with van der Waals surface area (Å²) in [5.74, 6) is 0.136. The van der Waals surface area contributed by atoms with Crippen LogP contribution in [0.4, 0.5) is 0 Å². The molecule has 0 aromatic heterocycles. The van der Waals surface area contributed by atoms with Gasteiger partial charge in [0.05, 0.1) is 29.6 Å². The van der Waals surface area contributed by atoms with Crippen molar-refractivity contribution < 1.29 is 23.9 Å². The number of ether oxygens (including phenoxy) is 2. The number of amides is 2. The first-order valence-corrected chi connectivity index (χ1v) is 12.5. The number of rotatable bonds is 12. The van der Waals surface area contributed by atoms with Crippen molar-refractivity contribution in [2.24, 2.45) is 0 Å². The summed E-state index contributed by atoms with van der Waals surface area (Å²) in [6.07, 6.45) is 1.46. The number of nitrogens with one attached hydrogen (secondary N) is 1. The number of benzene rings is 2. The zero-order valence-corrected chi connectivity index (χ0v) is 21.5. The van der Waals surface area contributed by atoms with Crippen molar-refractivity contribution >= 4 is 41.0 Å². The second-order valence-electron chi connectivity index (χ2n) is 8.20. The van der Waals surface area contributed by atoms with E-state index in [1.807, 2.05) is 31.2 Å². The average Bonchev–Trinajstić information content (AvgIpc) is 3.16. The van der Waals surface area contributed by atoms with Gasteiger partial charge < -0.3 is 14.8 Å². The SMILES string of the molecule is CCOC(=O)CC(NCc1ccc(OCCN2C(=O)CCC2=O)c(CC)c1)c1ccc(Cl)c(Cl)c1. The van der Waals surface area contributed by atoms with Crippen LogP contribution in [0.25, 0.3) is 0 Å². The Hall–Kier alpha value is -2.61. The van der Waals surface area contributed by atoms with Gasteiger partial charge in [-0.25, -0.2) is 0 Å². The minimum Gasteiger partial charge on any atom is -0.491 e. The Morgan fingerprint density at radius 3 is 2.46 bits per heavy atom. The van der Waals surface area contributed by atoms with Crippen LogP contribution in [0, 0.1) is 0 Å². The smallest absolute Gasteiger partial charge is 0.307 e. The number of esters is 1. The van der Waals surface area contributed by atoms with Gasteiger partial charge in [0, 0.05) is 25.4 Å². The molecule has 188 valence electrons. The topological polar surface area (TPSA) is 84.9 Å². The van der Waals surface area contributed by atoms with Crippen molar-refractivity contribution in [2.75, 3.05) is 19.8 Å². The Labute approximate surface area is 215 Å². The molecule has 1 N–H and O–H groups in total. The van der Waals surface area contributed by atoms with Gasteiger partial charge in [0.15, 0.2) is 0 Å². The largest absolute Gasteiger partial charge is 0.491 e. The molecule has 7 nitrogen and oxygen atoms in total. The number of carbonyl (C=O) groups is 3. The Kier molecular flexibility index (Phi) is 9.95. The van der Waals surface area contributed by atoms with Crippen LogP contribution >= 0.6 is 23.2 Å². The molecule has 0 spiro atoms. The summed E-state index contributed by atoms with van der Waals surface area (Å²) in [6.45, 7) is 5.13. The molecule has 1 aliphatic heterocycles. The lowest BCUT2D eigenvalue weighted by Gasteiger charge is -2.20. The molecule has 1 heterocycles. The van der Waals surface area contributed by atoms with E-state index in [4.69, 9.17) is 32.7 Å². The lowest BCUT2D eigenvalue weighted by molar-refractivity contribution is -0.144. The number of nitrogens with zero attached hydrogens (tertiary/aromatic N) is 1. The normalized spacial score (nSPS) is 14.3. The molecular weight excluding hydrogens is 491 g/mol. The molecule has 9 heteroatoms. The minimum absolute atomic E-state index is 0.143. The van der Waals surface area contributed by atoms with Gasteiger partial charge in [-0.15, -0.1) is 0 Å². The Balaban J connectivity index is 1.65. The van der Waals surface area contributed by atoms with Gasteiger partial charge in [-0.05, 0) is 48.2 Å². The van der Waals surface area contributed by atoms with Crippen molar-refractivity contribution in [2.45, 2.75) is 52.1 Å².